The van der Waals surface area contributed by atoms with E-state index in [1.807, 2.05) is 0 Å². The first-order valence-corrected chi connectivity index (χ1v) is 3.11. The number of urea groups is 1. The van der Waals surface area contributed by atoms with Crippen molar-refractivity contribution in [1.29, 1.82) is 0 Å². The van der Waals surface area contributed by atoms with Crippen molar-refractivity contribution in [3.63, 3.8) is 0 Å². The monoisotopic (exact) mass is 172 g/mol. The molecular weight excluding hydrogens is 168 g/mol. The van der Waals surface area contributed by atoms with Crippen molar-refractivity contribution < 1.29 is 4.79 Å². The van der Waals surface area contributed by atoms with Gasteiger partial charge in [0.1, 0.15) is 5.82 Å². The summed E-state index contributed by atoms with van der Waals surface area (Å²) >= 11 is 5.41. The Labute approximate surface area is 67.6 Å². The van der Waals surface area contributed by atoms with Crippen LogP contribution < -0.4 is 11.1 Å². The van der Waals surface area contributed by atoms with Crippen molar-refractivity contribution in [3.05, 3.63) is 17.5 Å². The van der Waals surface area contributed by atoms with E-state index in [0.29, 0.717) is 0 Å². The van der Waals surface area contributed by atoms with Gasteiger partial charge in [-0.15, -0.1) is 0 Å². The molecule has 11 heavy (non-hydrogen) atoms. The summed E-state index contributed by atoms with van der Waals surface area (Å²) in [4.78, 5) is 17.6. The van der Waals surface area contributed by atoms with Gasteiger partial charge in [0.25, 0.3) is 0 Å². The van der Waals surface area contributed by atoms with Crippen molar-refractivity contribution in [2.75, 3.05) is 5.32 Å². The number of hydrogen-bond donors (Lipinski definition) is 2. The van der Waals surface area contributed by atoms with Crippen molar-refractivity contribution >= 4 is 23.4 Å². The molecule has 0 saturated carbocycles. The molecule has 0 aliphatic carbocycles. The number of halogens is 1. The number of aromatic nitrogens is 2. The van der Waals surface area contributed by atoms with Crippen LogP contribution in [-0.4, -0.2) is 16.0 Å². The summed E-state index contributed by atoms with van der Waals surface area (Å²) in [5.41, 5.74) is 4.82. The van der Waals surface area contributed by atoms with Gasteiger partial charge >= 0.3 is 6.03 Å². The summed E-state index contributed by atoms with van der Waals surface area (Å²) in [6.07, 6.45) is 1.42. The average molecular weight is 173 g/mol. The molecule has 0 aliphatic heterocycles. The maximum atomic E-state index is 10.3. The van der Waals surface area contributed by atoms with Gasteiger partial charge < -0.3 is 5.73 Å². The van der Waals surface area contributed by atoms with Crippen molar-refractivity contribution in [1.82, 2.24) is 9.97 Å². The number of rotatable bonds is 1. The summed E-state index contributed by atoms with van der Waals surface area (Å²) in [5, 5.41) is 2.31. The molecule has 1 aromatic rings. The van der Waals surface area contributed by atoms with Crippen LogP contribution >= 0.6 is 11.6 Å². The van der Waals surface area contributed by atoms with E-state index in [1.54, 1.807) is 0 Å². The van der Waals surface area contributed by atoms with Crippen LogP contribution in [0.2, 0.25) is 5.28 Å². The lowest BCUT2D eigenvalue weighted by atomic mass is 10.6. The Balaban J connectivity index is 2.79. The molecule has 0 fully saturated rings. The Hall–Kier alpha value is -1.36. The smallest absolute Gasteiger partial charge is 0.317 e. The number of carbonyl (C=O) groups is 1. The van der Waals surface area contributed by atoms with E-state index in [9.17, 15) is 4.79 Å². The van der Waals surface area contributed by atoms with Crippen molar-refractivity contribution in [3.8, 4) is 0 Å². The lowest BCUT2D eigenvalue weighted by molar-refractivity contribution is 0.259. The van der Waals surface area contributed by atoms with Gasteiger partial charge in [-0.25, -0.2) is 14.8 Å². The first kappa shape index (κ1) is 7.74. The Morgan fingerprint density at radius 3 is 3.00 bits per heavy atom. The van der Waals surface area contributed by atoms with E-state index in [1.165, 1.54) is 12.3 Å². The molecule has 6 heteroatoms. The van der Waals surface area contributed by atoms with Gasteiger partial charge in [0.05, 0.1) is 0 Å². The molecule has 0 aromatic carbocycles. The van der Waals surface area contributed by atoms with E-state index in [4.69, 9.17) is 17.3 Å². The SMILES string of the molecule is NC(=O)Nc1ccnc(Cl)n1. The number of carbonyl (C=O) groups excluding carboxylic acids is 1. The normalized spacial score (nSPS) is 9.18. The third-order valence-corrected chi connectivity index (χ3v) is 1.06. The molecular formula is C5H5ClN4O. The van der Waals surface area contributed by atoms with E-state index in [2.05, 4.69) is 15.3 Å². The fourth-order valence-corrected chi connectivity index (χ4v) is 0.678. The highest BCUT2D eigenvalue weighted by Crippen LogP contribution is 2.04. The minimum Gasteiger partial charge on any atom is -0.351 e. The van der Waals surface area contributed by atoms with Crippen LogP contribution in [0.4, 0.5) is 10.6 Å². The number of nitrogens with one attached hydrogen (secondary N) is 1. The topological polar surface area (TPSA) is 80.9 Å². The van der Waals surface area contributed by atoms with Crippen LogP contribution in [0.5, 0.6) is 0 Å². The summed E-state index contributed by atoms with van der Waals surface area (Å²) in [7, 11) is 0. The zero-order valence-corrected chi connectivity index (χ0v) is 6.17. The second-order valence-corrected chi connectivity index (χ2v) is 2.04. The number of hydrogen-bond acceptors (Lipinski definition) is 3. The van der Waals surface area contributed by atoms with Crippen LogP contribution in [0.3, 0.4) is 0 Å². The second kappa shape index (κ2) is 3.16. The van der Waals surface area contributed by atoms with E-state index < -0.39 is 6.03 Å². The van der Waals surface area contributed by atoms with Crippen LogP contribution in [0.25, 0.3) is 0 Å². The minimum absolute atomic E-state index is 0.0660. The fraction of sp³-hybridized carbons (Fsp3) is 0. The number of primary amides is 1. The number of nitrogens with two attached hydrogens (primary N) is 1. The van der Waals surface area contributed by atoms with Gasteiger partial charge in [-0.1, -0.05) is 0 Å². The maximum Gasteiger partial charge on any atom is 0.317 e. The summed E-state index contributed by atoms with van der Waals surface area (Å²) in [6, 6.07) is 0.802. The standard InChI is InChI=1S/C5H5ClN4O/c6-4-8-2-1-3(9-4)10-5(7)11/h1-2H,(H3,7,8,9,10,11). The molecule has 0 radical (unpaired) electrons. The highest BCUT2D eigenvalue weighted by Gasteiger charge is 1.97. The molecule has 1 heterocycles. The Morgan fingerprint density at radius 2 is 2.45 bits per heavy atom. The molecule has 58 valence electrons. The second-order valence-electron chi connectivity index (χ2n) is 1.70. The molecule has 5 nitrogen and oxygen atoms in total. The largest absolute Gasteiger partial charge is 0.351 e. The van der Waals surface area contributed by atoms with Crippen LogP contribution in [0.15, 0.2) is 12.3 Å². The number of nitrogens with zero attached hydrogens (tertiary/aromatic N) is 2. The minimum atomic E-state index is -0.681. The third-order valence-electron chi connectivity index (χ3n) is 0.877. The molecule has 3 N–H and O–H groups in total. The Kier molecular flexibility index (Phi) is 2.22. The Bertz CT molecular complexity index is 277. The summed E-state index contributed by atoms with van der Waals surface area (Å²) < 4.78 is 0. The van der Waals surface area contributed by atoms with Gasteiger partial charge in [-0.3, -0.25) is 5.32 Å². The van der Waals surface area contributed by atoms with E-state index >= 15 is 0 Å². The van der Waals surface area contributed by atoms with Crippen LogP contribution in [0.1, 0.15) is 0 Å². The van der Waals surface area contributed by atoms with Gasteiger partial charge in [-0.05, 0) is 17.7 Å². The van der Waals surface area contributed by atoms with Crippen molar-refractivity contribution in [2.45, 2.75) is 0 Å². The molecule has 0 aliphatic rings. The lowest BCUT2D eigenvalue weighted by Crippen LogP contribution is -2.20. The molecule has 0 spiro atoms. The summed E-state index contributed by atoms with van der Waals surface area (Å²) in [6.45, 7) is 0. The lowest BCUT2D eigenvalue weighted by Gasteiger charge is -1.97. The molecule has 0 bridgehead atoms. The van der Waals surface area contributed by atoms with Gasteiger partial charge in [0, 0.05) is 6.20 Å². The zero-order chi connectivity index (χ0) is 8.27. The van der Waals surface area contributed by atoms with E-state index in [0.717, 1.165) is 0 Å². The zero-order valence-electron chi connectivity index (χ0n) is 5.41. The quantitative estimate of drug-likeness (QED) is 0.610. The molecule has 1 aromatic heterocycles. The van der Waals surface area contributed by atoms with Gasteiger partial charge in [0.15, 0.2) is 0 Å². The first-order chi connectivity index (χ1) is 5.18. The predicted octanol–water partition coefficient (Wildman–Crippen LogP) is 0.621. The van der Waals surface area contributed by atoms with Gasteiger partial charge in [-0.2, -0.15) is 0 Å². The molecule has 0 unspecified atom stereocenters. The molecule has 0 atom stereocenters. The molecule has 0 saturated heterocycles. The van der Waals surface area contributed by atoms with Crippen LogP contribution in [0, 0.1) is 0 Å². The molecule has 2 amide bonds. The predicted molar refractivity (Wildman–Crippen MR) is 40.2 cm³/mol. The number of anilines is 1. The van der Waals surface area contributed by atoms with Crippen LogP contribution in [-0.2, 0) is 0 Å². The first-order valence-electron chi connectivity index (χ1n) is 2.73. The highest BCUT2D eigenvalue weighted by atomic mass is 35.5. The number of amides is 2. The van der Waals surface area contributed by atoms with E-state index in [-0.39, 0.29) is 11.1 Å². The fourth-order valence-electron chi connectivity index (χ4n) is 0.531. The summed E-state index contributed by atoms with van der Waals surface area (Å²) in [5.74, 6) is 0.289. The average Bonchev–Trinajstić information content (AvgIpc) is 1.85. The molecule has 1 rings (SSSR count). The Morgan fingerprint density at radius 1 is 1.73 bits per heavy atom. The van der Waals surface area contributed by atoms with Crippen molar-refractivity contribution in [2.24, 2.45) is 5.73 Å². The van der Waals surface area contributed by atoms with Gasteiger partial charge in [0.2, 0.25) is 5.28 Å². The third kappa shape index (κ3) is 2.38. The maximum absolute atomic E-state index is 10.3. The highest BCUT2D eigenvalue weighted by molar-refractivity contribution is 6.28.